The van der Waals surface area contributed by atoms with E-state index in [1.807, 2.05) is 18.2 Å². The molecule has 2 fully saturated rings. The number of nitrogens with two attached hydrogens (primary N) is 1. The van der Waals surface area contributed by atoms with Crippen LogP contribution in [0.5, 0.6) is 0 Å². The van der Waals surface area contributed by atoms with Gasteiger partial charge in [0.2, 0.25) is 0 Å². The number of anilines is 2. The van der Waals surface area contributed by atoms with Crippen LogP contribution in [0.3, 0.4) is 0 Å². The Balaban J connectivity index is 1.63. The van der Waals surface area contributed by atoms with Crippen molar-refractivity contribution in [1.29, 1.82) is 0 Å². The van der Waals surface area contributed by atoms with E-state index in [1.165, 1.54) is 19.4 Å². The van der Waals surface area contributed by atoms with Crippen LogP contribution >= 0.6 is 0 Å². The van der Waals surface area contributed by atoms with Crippen molar-refractivity contribution in [3.63, 3.8) is 0 Å². The average Bonchev–Trinajstić information content (AvgIpc) is 3.02. The summed E-state index contributed by atoms with van der Waals surface area (Å²) < 4.78 is 5.85. The number of aromatic nitrogens is 1. The van der Waals surface area contributed by atoms with E-state index in [0.29, 0.717) is 6.04 Å². The third-order valence-electron chi connectivity index (χ3n) is 4.26. The SMILES string of the molecule is Nc1ccc2oc(N3CCN4CCCC4C3)nc2c1. The molecule has 3 heterocycles. The van der Waals surface area contributed by atoms with Crippen molar-refractivity contribution in [1.82, 2.24) is 9.88 Å². The fourth-order valence-electron chi connectivity index (χ4n) is 3.23. The van der Waals surface area contributed by atoms with Crippen molar-refractivity contribution in [3.8, 4) is 0 Å². The second-order valence-electron chi connectivity index (χ2n) is 5.50. The number of piperazine rings is 1. The smallest absolute Gasteiger partial charge is 0.298 e. The minimum Gasteiger partial charge on any atom is -0.423 e. The van der Waals surface area contributed by atoms with Crippen LogP contribution in [0.25, 0.3) is 11.1 Å². The largest absolute Gasteiger partial charge is 0.423 e. The summed E-state index contributed by atoms with van der Waals surface area (Å²) >= 11 is 0. The second kappa shape index (κ2) is 4.13. The molecule has 0 bridgehead atoms. The van der Waals surface area contributed by atoms with Crippen molar-refractivity contribution < 1.29 is 4.42 Å². The maximum absolute atomic E-state index is 5.85. The Bertz CT molecular complexity index is 609. The lowest BCUT2D eigenvalue weighted by Gasteiger charge is -2.36. The number of oxazole rings is 1. The van der Waals surface area contributed by atoms with Gasteiger partial charge in [0.05, 0.1) is 0 Å². The Kier molecular flexibility index (Phi) is 2.41. The maximum atomic E-state index is 5.85. The van der Waals surface area contributed by atoms with Gasteiger partial charge in [0.15, 0.2) is 5.58 Å². The monoisotopic (exact) mass is 258 g/mol. The normalized spacial score (nSPS) is 24.0. The van der Waals surface area contributed by atoms with Crippen LogP contribution in [0.2, 0.25) is 0 Å². The van der Waals surface area contributed by atoms with Crippen LogP contribution in [0.15, 0.2) is 22.6 Å². The van der Waals surface area contributed by atoms with Crippen molar-refractivity contribution >= 4 is 22.8 Å². The van der Waals surface area contributed by atoms with Crippen molar-refractivity contribution in [3.05, 3.63) is 18.2 Å². The number of hydrogen-bond donors (Lipinski definition) is 1. The predicted octanol–water partition coefficient (Wildman–Crippen LogP) is 1.69. The molecule has 0 amide bonds. The fraction of sp³-hybridized carbons (Fsp3) is 0.500. The molecular weight excluding hydrogens is 240 g/mol. The molecule has 2 aromatic rings. The molecule has 2 aliphatic heterocycles. The molecule has 1 unspecified atom stereocenters. The summed E-state index contributed by atoms with van der Waals surface area (Å²) in [6.45, 7) is 4.40. The molecule has 0 saturated carbocycles. The van der Waals surface area contributed by atoms with Crippen LogP contribution in [-0.2, 0) is 0 Å². The Labute approximate surface area is 112 Å². The van der Waals surface area contributed by atoms with Crippen LogP contribution in [0, 0.1) is 0 Å². The summed E-state index contributed by atoms with van der Waals surface area (Å²) in [5.74, 6) is 0. The van der Waals surface area contributed by atoms with Crippen LogP contribution < -0.4 is 10.6 Å². The molecule has 2 aliphatic rings. The molecule has 100 valence electrons. The first-order valence-corrected chi connectivity index (χ1v) is 6.95. The lowest BCUT2D eigenvalue weighted by atomic mass is 10.2. The van der Waals surface area contributed by atoms with E-state index in [1.54, 1.807) is 0 Å². The number of benzene rings is 1. The third-order valence-corrected chi connectivity index (χ3v) is 4.26. The molecule has 5 heteroatoms. The van der Waals surface area contributed by atoms with Gasteiger partial charge in [-0.05, 0) is 37.6 Å². The van der Waals surface area contributed by atoms with Crippen molar-refractivity contribution in [2.24, 2.45) is 0 Å². The Morgan fingerprint density at radius 1 is 1.26 bits per heavy atom. The van der Waals surface area contributed by atoms with E-state index >= 15 is 0 Å². The molecule has 2 N–H and O–H groups in total. The van der Waals surface area contributed by atoms with E-state index < -0.39 is 0 Å². The highest BCUT2D eigenvalue weighted by Gasteiger charge is 2.32. The fourth-order valence-corrected chi connectivity index (χ4v) is 3.23. The Morgan fingerprint density at radius 2 is 2.21 bits per heavy atom. The topological polar surface area (TPSA) is 58.5 Å². The van der Waals surface area contributed by atoms with E-state index in [9.17, 15) is 0 Å². The van der Waals surface area contributed by atoms with Gasteiger partial charge in [-0.3, -0.25) is 4.90 Å². The number of fused-ring (bicyclic) bond motifs is 2. The summed E-state index contributed by atoms with van der Waals surface area (Å²) in [7, 11) is 0. The van der Waals surface area contributed by atoms with Crippen LogP contribution in [-0.4, -0.2) is 42.1 Å². The molecular formula is C14H18N4O. The first-order chi connectivity index (χ1) is 9.29. The highest BCUT2D eigenvalue weighted by atomic mass is 16.4. The lowest BCUT2D eigenvalue weighted by molar-refractivity contribution is 0.226. The number of nitrogen functional groups attached to an aromatic ring is 1. The zero-order valence-electron chi connectivity index (χ0n) is 10.9. The first-order valence-electron chi connectivity index (χ1n) is 6.95. The Morgan fingerprint density at radius 3 is 3.16 bits per heavy atom. The molecule has 2 saturated heterocycles. The molecule has 1 aromatic heterocycles. The minimum atomic E-state index is 0.675. The van der Waals surface area contributed by atoms with Gasteiger partial charge >= 0.3 is 0 Å². The highest BCUT2D eigenvalue weighted by molar-refractivity contribution is 5.78. The van der Waals surface area contributed by atoms with Gasteiger partial charge in [-0.25, -0.2) is 0 Å². The van der Waals surface area contributed by atoms with Gasteiger partial charge in [0.1, 0.15) is 5.52 Å². The van der Waals surface area contributed by atoms with Gasteiger partial charge in [-0.1, -0.05) is 0 Å². The number of nitrogens with zero attached hydrogens (tertiary/aromatic N) is 3. The maximum Gasteiger partial charge on any atom is 0.298 e. The molecule has 4 rings (SSSR count). The van der Waals surface area contributed by atoms with Gasteiger partial charge in [-0.2, -0.15) is 4.98 Å². The van der Waals surface area contributed by atoms with Crippen LogP contribution in [0.4, 0.5) is 11.7 Å². The molecule has 19 heavy (non-hydrogen) atoms. The molecule has 5 nitrogen and oxygen atoms in total. The summed E-state index contributed by atoms with van der Waals surface area (Å²) in [5, 5.41) is 0. The van der Waals surface area contributed by atoms with Crippen LogP contribution in [0.1, 0.15) is 12.8 Å². The molecule has 0 aliphatic carbocycles. The average molecular weight is 258 g/mol. The molecule has 1 aromatic carbocycles. The standard InChI is InChI=1S/C14H18N4O/c15-10-3-4-13-12(8-10)16-14(19-13)18-7-6-17-5-1-2-11(17)9-18/h3-4,8,11H,1-2,5-7,9,15H2. The van der Waals surface area contributed by atoms with E-state index in [4.69, 9.17) is 10.2 Å². The number of hydrogen-bond acceptors (Lipinski definition) is 5. The zero-order chi connectivity index (χ0) is 12.8. The van der Waals surface area contributed by atoms with E-state index in [-0.39, 0.29) is 0 Å². The molecule has 0 spiro atoms. The predicted molar refractivity (Wildman–Crippen MR) is 75.2 cm³/mol. The van der Waals surface area contributed by atoms with Gasteiger partial charge in [0, 0.05) is 31.4 Å². The third kappa shape index (κ3) is 1.85. The van der Waals surface area contributed by atoms with E-state index in [0.717, 1.165) is 42.4 Å². The lowest BCUT2D eigenvalue weighted by Crippen LogP contribution is -2.50. The summed E-state index contributed by atoms with van der Waals surface area (Å²) in [5.41, 5.74) is 8.18. The molecule has 1 atom stereocenters. The highest BCUT2D eigenvalue weighted by Crippen LogP contribution is 2.28. The van der Waals surface area contributed by atoms with Gasteiger partial charge in [0.25, 0.3) is 6.01 Å². The van der Waals surface area contributed by atoms with Gasteiger partial charge < -0.3 is 15.1 Å². The summed E-state index contributed by atoms with van der Waals surface area (Å²) in [6.07, 6.45) is 2.62. The van der Waals surface area contributed by atoms with Gasteiger partial charge in [-0.15, -0.1) is 0 Å². The number of rotatable bonds is 1. The van der Waals surface area contributed by atoms with Crippen molar-refractivity contribution in [2.45, 2.75) is 18.9 Å². The van der Waals surface area contributed by atoms with E-state index in [2.05, 4.69) is 14.8 Å². The quantitative estimate of drug-likeness (QED) is 0.789. The summed E-state index contributed by atoms with van der Waals surface area (Å²) in [4.78, 5) is 9.42. The second-order valence-corrected chi connectivity index (χ2v) is 5.50. The first kappa shape index (κ1) is 11.1. The van der Waals surface area contributed by atoms with Crippen molar-refractivity contribution in [2.75, 3.05) is 36.8 Å². The zero-order valence-corrected chi connectivity index (χ0v) is 10.9. The molecule has 0 radical (unpaired) electrons. The summed E-state index contributed by atoms with van der Waals surface area (Å²) in [6, 6.07) is 7.04. The Hall–Kier alpha value is -1.75. The minimum absolute atomic E-state index is 0.675.